The van der Waals surface area contributed by atoms with Crippen LogP contribution in [0.2, 0.25) is 0 Å². The van der Waals surface area contributed by atoms with E-state index < -0.39 is 10.0 Å². The number of hydrogen-bond acceptors (Lipinski definition) is 3. The number of thiophene rings is 1. The van der Waals surface area contributed by atoms with Gasteiger partial charge in [-0.05, 0) is 49.1 Å². The van der Waals surface area contributed by atoms with E-state index in [1.54, 1.807) is 21.7 Å². The normalized spacial score (nSPS) is 12.0. The Morgan fingerprint density at radius 3 is 2.48 bits per heavy atom. The quantitative estimate of drug-likeness (QED) is 0.652. The molecule has 0 aliphatic heterocycles. The summed E-state index contributed by atoms with van der Waals surface area (Å²) >= 11 is 1.57. The van der Waals surface area contributed by atoms with Gasteiger partial charge in [-0.15, -0.1) is 11.3 Å². The third-order valence-corrected chi connectivity index (χ3v) is 7.06. The molecule has 4 nitrogen and oxygen atoms in total. The van der Waals surface area contributed by atoms with Gasteiger partial charge in [0.1, 0.15) is 0 Å². The molecular formula is C19H22N2O2S2. The highest BCUT2D eigenvalue weighted by molar-refractivity contribution is 7.89. The van der Waals surface area contributed by atoms with E-state index >= 15 is 0 Å². The summed E-state index contributed by atoms with van der Waals surface area (Å²) in [5.74, 6) is 0. The zero-order chi connectivity index (χ0) is 18.0. The molecule has 0 atom stereocenters. The zero-order valence-electron chi connectivity index (χ0n) is 14.6. The molecule has 0 fully saturated rings. The summed E-state index contributed by atoms with van der Waals surface area (Å²) in [7, 11) is -1.66. The Kier molecular flexibility index (Phi) is 5.13. The van der Waals surface area contributed by atoms with Crippen molar-refractivity contribution in [3.8, 4) is 0 Å². The first-order valence-corrected chi connectivity index (χ1v) is 10.4. The average Bonchev–Trinajstić information content (AvgIpc) is 3.18. The van der Waals surface area contributed by atoms with Crippen LogP contribution in [0.4, 0.5) is 0 Å². The molecule has 0 aliphatic carbocycles. The highest BCUT2D eigenvalue weighted by atomic mass is 32.2. The van der Waals surface area contributed by atoms with Crippen LogP contribution in [-0.2, 0) is 30.2 Å². The molecule has 0 saturated heterocycles. The molecule has 2 heterocycles. The molecule has 6 heteroatoms. The molecule has 0 saturated carbocycles. The molecule has 2 aromatic heterocycles. The molecule has 3 aromatic rings. The molecule has 0 amide bonds. The molecule has 132 valence electrons. The van der Waals surface area contributed by atoms with Gasteiger partial charge in [0.25, 0.3) is 0 Å². The van der Waals surface area contributed by atoms with E-state index in [4.69, 9.17) is 0 Å². The van der Waals surface area contributed by atoms with Gasteiger partial charge in [0, 0.05) is 30.4 Å². The van der Waals surface area contributed by atoms with E-state index in [2.05, 4.69) is 0 Å². The van der Waals surface area contributed by atoms with Gasteiger partial charge in [0.15, 0.2) is 0 Å². The minimum absolute atomic E-state index is 0.344. The zero-order valence-corrected chi connectivity index (χ0v) is 16.3. The van der Waals surface area contributed by atoms with Crippen molar-refractivity contribution in [3.05, 3.63) is 75.7 Å². The van der Waals surface area contributed by atoms with E-state index in [0.29, 0.717) is 18.0 Å². The first kappa shape index (κ1) is 17.9. The number of rotatable bonds is 6. The number of aryl methyl sites for hydroxylation is 3. The number of benzene rings is 1. The van der Waals surface area contributed by atoms with Crippen LogP contribution in [-0.4, -0.2) is 17.3 Å². The van der Waals surface area contributed by atoms with Crippen molar-refractivity contribution in [1.29, 1.82) is 0 Å². The number of hydrogen-bond donors (Lipinski definition) is 0. The molecule has 0 bridgehead atoms. The van der Waals surface area contributed by atoms with Crippen LogP contribution in [0.1, 0.15) is 21.7 Å². The summed E-state index contributed by atoms with van der Waals surface area (Å²) in [4.78, 5) is 1.41. The summed E-state index contributed by atoms with van der Waals surface area (Å²) in [5, 5.41) is 1.97. The van der Waals surface area contributed by atoms with E-state index in [9.17, 15) is 8.42 Å². The van der Waals surface area contributed by atoms with Crippen molar-refractivity contribution in [1.82, 2.24) is 8.87 Å². The molecular weight excluding hydrogens is 352 g/mol. The lowest BCUT2D eigenvalue weighted by molar-refractivity contribution is 0.395. The lowest BCUT2D eigenvalue weighted by Gasteiger charge is -2.23. The van der Waals surface area contributed by atoms with Crippen LogP contribution in [0.3, 0.4) is 0 Å². The first-order chi connectivity index (χ1) is 11.9. The maximum absolute atomic E-state index is 13.3. The summed E-state index contributed by atoms with van der Waals surface area (Å²) in [6.45, 7) is 4.54. The minimum atomic E-state index is -3.59. The van der Waals surface area contributed by atoms with Crippen molar-refractivity contribution < 1.29 is 8.42 Å². The van der Waals surface area contributed by atoms with Crippen molar-refractivity contribution in [3.63, 3.8) is 0 Å². The second-order valence-electron chi connectivity index (χ2n) is 6.23. The Bertz CT molecular complexity index is 957. The maximum Gasteiger partial charge on any atom is 0.244 e. The van der Waals surface area contributed by atoms with E-state index in [1.165, 1.54) is 0 Å². The Labute approximate surface area is 153 Å². The standard InChI is InChI=1S/C19H22N2O2S2/c1-15-8-9-19(16(2)12-15)25(22,23)21(14-18-7-5-11-24-18)13-17-6-4-10-20(17)3/h4-12H,13-14H2,1-3H3. The minimum Gasteiger partial charge on any atom is -0.353 e. The van der Waals surface area contributed by atoms with Gasteiger partial charge in [-0.1, -0.05) is 23.8 Å². The predicted molar refractivity (Wildman–Crippen MR) is 102 cm³/mol. The Hall–Kier alpha value is -1.89. The second kappa shape index (κ2) is 7.15. The molecule has 0 radical (unpaired) electrons. The lowest BCUT2D eigenvalue weighted by atomic mass is 10.2. The molecule has 0 aliphatic rings. The summed E-state index contributed by atoms with van der Waals surface area (Å²) < 4.78 is 30.2. The molecule has 1 aromatic carbocycles. The SMILES string of the molecule is Cc1ccc(S(=O)(=O)N(Cc2cccs2)Cc2cccn2C)c(C)c1. The van der Waals surface area contributed by atoms with Crippen LogP contribution < -0.4 is 0 Å². The van der Waals surface area contributed by atoms with E-state index in [0.717, 1.165) is 21.7 Å². The fraction of sp³-hybridized carbons (Fsp3) is 0.263. The number of nitrogens with zero attached hydrogens (tertiary/aromatic N) is 2. The van der Waals surface area contributed by atoms with Crippen molar-refractivity contribution in [2.45, 2.75) is 31.8 Å². The number of aromatic nitrogens is 1. The summed E-state index contributed by atoms with van der Waals surface area (Å²) in [6, 6.07) is 13.3. The van der Waals surface area contributed by atoms with Gasteiger partial charge in [-0.2, -0.15) is 4.31 Å². The van der Waals surface area contributed by atoms with Crippen LogP contribution in [0.15, 0.2) is 58.9 Å². The van der Waals surface area contributed by atoms with Gasteiger partial charge >= 0.3 is 0 Å². The summed E-state index contributed by atoms with van der Waals surface area (Å²) in [6.07, 6.45) is 1.93. The third-order valence-electron chi connectivity index (χ3n) is 4.25. The van der Waals surface area contributed by atoms with Gasteiger partial charge in [0.2, 0.25) is 10.0 Å². The molecule has 0 spiro atoms. The fourth-order valence-electron chi connectivity index (χ4n) is 2.87. The van der Waals surface area contributed by atoms with Crippen LogP contribution >= 0.6 is 11.3 Å². The fourth-order valence-corrected chi connectivity index (χ4v) is 5.27. The topological polar surface area (TPSA) is 42.3 Å². The average molecular weight is 375 g/mol. The highest BCUT2D eigenvalue weighted by Crippen LogP contribution is 2.25. The van der Waals surface area contributed by atoms with Crippen LogP contribution in [0.25, 0.3) is 0 Å². The van der Waals surface area contributed by atoms with Crippen molar-refractivity contribution >= 4 is 21.4 Å². The monoisotopic (exact) mass is 374 g/mol. The van der Waals surface area contributed by atoms with Crippen LogP contribution in [0, 0.1) is 13.8 Å². The first-order valence-electron chi connectivity index (χ1n) is 8.08. The third kappa shape index (κ3) is 3.86. The highest BCUT2D eigenvalue weighted by Gasteiger charge is 2.27. The molecule has 25 heavy (non-hydrogen) atoms. The predicted octanol–water partition coefficient (Wildman–Crippen LogP) is 4.09. The number of sulfonamides is 1. The largest absolute Gasteiger partial charge is 0.353 e. The summed E-state index contributed by atoms with van der Waals surface area (Å²) in [5.41, 5.74) is 2.80. The Balaban J connectivity index is 2.01. The van der Waals surface area contributed by atoms with Gasteiger partial charge in [0.05, 0.1) is 11.4 Å². The van der Waals surface area contributed by atoms with Gasteiger partial charge in [-0.25, -0.2) is 8.42 Å². The Morgan fingerprint density at radius 1 is 1.08 bits per heavy atom. The van der Waals surface area contributed by atoms with E-state index in [-0.39, 0.29) is 0 Å². The van der Waals surface area contributed by atoms with Crippen molar-refractivity contribution in [2.24, 2.45) is 7.05 Å². The second-order valence-corrected chi connectivity index (χ2v) is 9.17. The lowest BCUT2D eigenvalue weighted by Crippen LogP contribution is -2.31. The van der Waals surface area contributed by atoms with E-state index in [1.807, 2.05) is 73.4 Å². The van der Waals surface area contributed by atoms with Crippen molar-refractivity contribution in [2.75, 3.05) is 0 Å². The van der Waals surface area contributed by atoms with Crippen LogP contribution in [0.5, 0.6) is 0 Å². The molecule has 0 unspecified atom stereocenters. The molecule has 0 N–H and O–H groups in total. The molecule has 3 rings (SSSR count). The maximum atomic E-state index is 13.3. The van der Waals surface area contributed by atoms with Gasteiger partial charge in [-0.3, -0.25) is 0 Å². The van der Waals surface area contributed by atoms with Gasteiger partial charge < -0.3 is 4.57 Å². The smallest absolute Gasteiger partial charge is 0.244 e. The Morgan fingerprint density at radius 2 is 1.88 bits per heavy atom.